The molecule has 0 aliphatic carbocycles. The van der Waals surface area contributed by atoms with Crippen molar-refractivity contribution in [1.29, 1.82) is 0 Å². The van der Waals surface area contributed by atoms with Gasteiger partial charge in [0.15, 0.2) is 5.82 Å². The maximum Gasteiger partial charge on any atom is 0.150 e. The number of nitrogens with zero attached hydrogens (tertiary/aromatic N) is 1. The maximum absolute atomic E-state index is 12.9. The second-order valence-electron chi connectivity index (χ2n) is 2.06. The van der Waals surface area contributed by atoms with Gasteiger partial charge in [-0.15, -0.1) is 0 Å². The van der Waals surface area contributed by atoms with E-state index in [4.69, 9.17) is 0 Å². The summed E-state index contributed by atoms with van der Waals surface area (Å²) in [5.41, 5.74) is 0.403. The third-order valence-electron chi connectivity index (χ3n) is 1.36. The highest BCUT2D eigenvalue weighted by atomic mass is 32.2. The molecule has 1 aliphatic rings. The van der Waals surface area contributed by atoms with Crippen molar-refractivity contribution in [3.8, 4) is 0 Å². The summed E-state index contributed by atoms with van der Waals surface area (Å²) in [6, 6.07) is 4.91. The van der Waals surface area contributed by atoms with E-state index in [1.165, 1.54) is 17.8 Å². The number of hydrogen-bond acceptors (Lipinski definition) is 2. The van der Waals surface area contributed by atoms with Crippen LogP contribution in [0.4, 0.5) is 10.1 Å². The molecule has 3 heteroatoms. The molecule has 1 aromatic carbocycles. The summed E-state index contributed by atoms with van der Waals surface area (Å²) in [7, 11) is 0. The predicted octanol–water partition coefficient (Wildman–Crippen LogP) is 2.75. The smallest absolute Gasteiger partial charge is 0.150 e. The molecule has 54 valence electrons. The Morgan fingerprint density at radius 3 is 3.18 bits per heavy atom. The molecule has 0 radical (unpaired) electrons. The Morgan fingerprint density at radius 2 is 2.36 bits per heavy atom. The minimum atomic E-state index is -0.282. The van der Waals surface area contributed by atoms with Crippen LogP contribution in [-0.4, -0.2) is 5.87 Å². The van der Waals surface area contributed by atoms with Crippen molar-refractivity contribution in [3.63, 3.8) is 0 Å². The Balaban J connectivity index is 2.69. The van der Waals surface area contributed by atoms with Crippen LogP contribution < -0.4 is 0 Å². The zero-order chi connectivity index (χ0) is 7.68. The second-order valence-corrected chi connectivity index (χ2v) is 2.97. The average molecular weight is 165 g/mol. The molecule has 0 bridgehead atoms. The van der Waals surface area contributed by atoms with Crippen molar-refractivity contribution < 1.29 is 4.39 Å². The lowest BCUT2D eigenvalue weighted by atomic mass is 10.3. The molecular formula is C8H4FNS. The molecule has 0 spiro atoms. The van der Waals surface area contributed by atoms with Crippen molar-refractivity contribution in [2.24, 2.45) is 4.99 Å². The number of halogens is 1. The van der Waals surface area contributed by atoms with Crippen molar-refractivity contribution in [1.82, 2.24) is 0 Å². The topological polar surface area (TPSA) is 12.4 Å². The summed E-state index contributed by atoms with van der Waals surface area (Å²) >= 11 is 1.43. The van der Waals surface area contributed by atoms with Crippen LogP contribution in [0.2, 0.25) is 0 Å². The predicted molar refractivity (Wildman–Crippen MR) is 43.9 cm³/mol. The molecule has 1 nitrogen and oxygen atoms in total. The molecule has 0 N–H and O–H groups in total. The molecule has 0 fully saturated rings. The summed E-state index contributed by atoms with van der Waals surface area (Å²) < 4.78 is 12.9. The zero-order valence-corrected chi connectivity index (χ0v) is 6.36. The van der Waals surface area contributed by atoms with Gasteiger partial charge in [0.25, 0.3) is 0 Å². The van der Waals surface area contributed by atoms with Gasteiger partial charge in [0, 0.05) is 10.3 Å². The summed E-state index contributed by atoms with van der Waals surface area (Å²) in [6.07, 6.45) is 0. The average Bonchev–Trinajstić information content (AvgIpc) is 2.06. The van der Waals surface area contributed by atoms with Gasteiger partial charge in [0.2, 0.25) is 0 Å². The molecule has 0 atom stereocenters. The first-order valence-electron chi connectivity index (χ1n) is 3.11. The van der Waals surface area contributed by atoms with E-state index < -0.39 is 0 Å². The van der Waals surface area contributed by atoms with Crippen LogP contribution in [0.5, 0.6) is 0 Å². The standard InChI is InChI=1S/C8H4FNS/c9-6-2-1-3-7-8(6)10-4-5-11-7/h1-3,5H. The highest BCUT2D eigenvalue weighted by molar-refractivity contribution is 8.02. The Labute approximate surface area is 67.6 Å². The molecule has 0 unspecified atom stereocenters. The third kappa shape index (κ3) is 1.09. The van der Waals surface area contributed by atoms with E-state index in [0.717, 1.165) is 4.90 Å². The van der Waals surface area contributed by atoms with Gasteiger partial charge >= 0.3 is 0 Å². The van der Waals surface area contributed by atoms with Gasteiger partial charge in [-0.25, -0.2) is 9.38 Å². The summed E-state index contributed by atoms with van der Waals surface area (Å²) in [6.45, 7) is 0. The van der Waals surface area contributed by atoms with Crippen LogP contribution in [-0.2, 0) is 0 Å². The van der Waals surface area contributed by atoms with E-state index in [1.54, 1.807) is 11.5 Å². The van der Waals surface area contributed by atoms with E-state index in [2.05, 4.69) is 10.9 Å². The first-order valence-corrected chi connectivity index (χ1v) is 3.99. The fourth-order valence-corrected chi connectivity index (χ4v) is 1.52. The van der Waals surface area contributed by atoms with Crippen molar-refractivity contribution in [2.45, 2.75) is 4.90 Å². The fraction of sp³-hybridized carbons (Fsp3) is 0. The fourth-order valence-electron chi connectivity index (χ4n) is 0.880. The lowest BCUT2D eigenvalue weighted by Gasteiger charge is -2.03. The van der Waals surface area contributed by atoms with E-state index >= 15 is 0 Å². The lowest BCUT2D eigenvalue weighted by Crippen LogP contribution is -1.81. The van der Waals surface area contributed by atoms with Gasteiger partial charge in [0.1, 0.15) is 5.69 Å². The summed E-state index contributed by atoms with van der Waals surface area (Å²) in [4.78, 5) is 4.64. The molecule has 11 heavy (non-hydrogen) atoms. The first-order chi connectivity index (χ1) is 5.38. The molecule has 0 amide bonds. The molecule has 1 heterocycles. The van der Waals surface area contributed by atoms with Crippen molar-refractivity contribution >= 4 is 23.3 Å². The zero-order valence-electron chi connectivity index (χ0n) is 5.54. The van der Waals surface area contributed by atoms with Gasteiger partial charge in [0.05, 0.1) is 0 Å². The van der Waals surface area contributed by atoms with Crippen LogP contribution in [0.1, 0.15) is 0 Å². The van der Waals surface area contributed by atoms with E-state index in [1.807, 2.05) is 6.07 Å². The minimum Gasteiger partial charge on any atom is -0.205 e. The molecule has 2 rings (SSSR count). The monoisotopic (exact) mass is 165 g/mol. The first kappa shape index (κ1) is 6.65. The van der Waals surface area contributed by atoms with Crippen LogP contribution in [0.25, 0.3) is 0 Å². The van der Waals surface area contributed by atoms with Gasteiger partial charge in [-0.05, 0) is 18.0 Å². The highest BCUT2D eigenvalue weighted by Gasteiger charge is 2.07. The molecular weight excluding hydrogens is 161 g/mol. The molecule has 1 aromatic rings. The van der Waals surface area contributed by atoms with E-state index in [9.17, 15) is 4.39 Å². The highest BCUT2D eigenvalue weighted by Crippen LogP contribution is 2.33. The van der Waals surface area contributed by atoms with Crippen LogP contribution in [0, 0.1) is 5.82 Å². The number of benzene rings is 1. The lowest BCUT2D eigenvalue weighted by molar-refractivity contribution is 0.627. The SMILES string of the molecule is Fc1cccc2c1N=C=CS2. The Kier molecular flexibility index (Phi) is 1.53. The van der Waals surface area contributed by atoms with E-state index in [0.29, 0.717) is 5.69 Å². The number of para-hydroxylation sites is 1. The molecule has 0 saturated heterocycles. The van der Waals surface area contributed by atoms with Gasteiger partial charge < -0.3 is 0 Å². The largest absolute Gasteiger partial charge is 0.205 e. The third-order valence-corrected chi connectivity index (χ3v) is 2.17. The van der Waals surface area contributed by atoms with Gasteiger partial charge in [-0.2, -0.15) is 0 Å². The van der Waals surface area contributed by atoms with Gasteiger partial charge in [-0.1, -0.05) is 17.8 Å². The van der Waals surface area contributed by atoms with Gasteiger partial charge in [-0.3, -0.25) is 0 Å². The summed E-state index contributed by atoms with van der Waals surface area (Å²) in [5, 5.41) is 1.71. The minimum absolute atomic E-state index is 0.282. The van der Waals surface area contributed by atoms with Crippen molar-refractivity contribution in [3.05, 3.63) is 29.4 Å². The summed E-state index contributed by atoms with van der Waals surface area (Å²) in [5.74, 6) is 2.32. The molecule has 1 aliphatic heterocycles. The number of aliphatic imine (C=N–C) groups is 1. The maximum atomic E-state index is 12.9. The Bertz CT molecular complexity index is 353. The number of hydrogen-bond donors (Lipinski definition) is 0. The second kappa shape index (κ2) is 2.53. The normalized spacial score (nSPS) is 13.2. The molecule has 0 saturated carbocycles. The van der Waals surface area contributed by atoms with Crippen LogP contribution in [0.3, 0.4) is 0 Å². The number of rotatable bonds is 0. The number of fused-ring (bicyclic) bond motifs is 1. The Morgan fingerprint density at radius 1 is 1.45 bits per heavy atom. The van der Waals surface area contributed by atoms with Crippen molar-refractivity contribution in [2.75, 3.05) is 0 Å². The van der Waals surface area contributed by atoms with E-state index in [-0.39, 0.29) is 5.82 Å². The Hall–Kier alpha value is -1.05. The van der Waals surface area contributed by atoms with Crippen LogP contribution >= 0.6 is 11.8 Å². The van der Waals surface area contributed by atoms with Crippen LogP contribution in [0.15, 0.2) is 33.5 Å². The quantitative estimate of drug-likeness (QED) is 0.575. The molecule has 0 aromatic heterocycles. The number of thioether (sulfide) groups is 1.